The predicted octanol–water partition coefficient (Wildman–Crippen LogP) is 11.4. The third-order valence-corrected chi connectivity index (χ3v) is 12.8. The minimum Gasteiger partial charge on any atom is -0.462 e. The number of allylic oxidation sites excluding steroid dienone is 2. The second kappa shape index (κ2) is 40.6. The molecule has 0 amide bonds. The summed E-state index contributed by atoms with van der Waals surface area (Å²) in [6.45, 7) is 3.78. The molecule has 0 aromatic carbocycles. The van der Waals surface area contributed by atoms with E-state index in [0.717, 1.165) is 51.4 Å². The fraction of sp³-hybridized carbons (Fsp3) is 0.920. The van der Waals surface area contributed by atoms with E-state index in [1.807, 2.05) is 0 Å². The lowest BCUT2D eigenvalue weighted by Gasteiger charge is -2.40. The molecule has 0 radical (unpaired) electrons. The van der Waals surface area contributed by atoms with E-state index >= 15 is 0 Å². The normalized spacial score (nSPS) is 19.7. The molecular weight excluding hydrogens is 825 g/mol. The van der Waals surface area contributed by atoms with Gasteiger partial charge in [0.25, 0.3) is 10.1 Å². The summed E-state index contributed by atoms with van der Waals surface area (Å²) in [5.74, 6) is -1.97. The van der Waals surface area contributed by atoms with Crippen LogP contribution in [-0.4, -0.2) is 96.0 Å². The smallest absolute Gasteiger partial charge is 0.306 e. The first-order valence-corrected chi connectivity index (χ1v) is 27.4. The molecule has 6 atom stereocenters. The summed E-state index contributed by atoms with van der Waals surface area (Å²) in [4.78, 5) is 25.5. The molecule has 2 unspecified atom stereocenters. The molecule has 63 heavy (non-hydrogen) atoms. The summed E-state index contributed by atoms with van der Waals surface area (Å²) >= 11 is 0. The molecule has 1 heterocycles. The van der Waals surface area contributed by atoms with E-state index in [0.29, 0.717) is 12.8 Å². The predicted molar refractivity (Wildman–Crippen MR) is 252 cm³/mol. The maximum atomic E-state index is 12.8. The Morgan fingerprint density at radius 2 is 0.905 bits per heavy atom. The quantitative estimate of drug-likeness (QED) is 0.0196. The fourth-order valence-corrected chi connectivity index (χ4v) is 8.78. The van der Waals surface area contributed by atoms with Crippen LogP contribution >= 0.6 is 0 Å². The van der Waals surface area contributed by atoms with Crippen molar-refractivity contribution in [3.63, 3.8) is 0 Å². The number of aliphatic hydroxyl groups excluding tert-OH is 3. The molecule has 0 aliphatic carbocycles. The molecule has 1 aliphatic heterocycles. The minimum atomic E-state index is -4.60. The molecule has 4 N–H and O–H groups in total. The number of aliphatic hydroxyl groups is 3. The minimum absolute atomic E-state index is 0.163. The van der Waals surface area contributed by atoms with Gasteiger partial charge < -0.3 is 34.3 Å². The van der Waals surface area contributed by atoms with Crippen LogP contribution in [0, 0.1) is 0 Å². The Morgan fingerprint density at radius 1 is 0.524 bits per heavy atom. The van der Waals surface area contributed by atoms with Crippen LogP contribution < -0.4 is 0 Å². The van der Waals surface area contributed by atoms with Gasteiger partial charge in [0.15, 0.2) is 12.4 Å². The maximum Gasteiger partial charge on any atom is 0.306 e. The molecule has 0 aromatic heterocycles. The van der Waals surface area contributed by atoms with E-state index in [1.54, 1.807) is 0 Å². The summed E-state index contributed by atoms with van der Waals surface area (Å²) in [6, 6.07) is 0. The molecule has 1 fully saturated rings. The van der Waals surface area contributed by atoms with E-state index < -0.39 is 71.2 Å². The van der Waals surface area contributed by atoms with E-state index in [2.05, 4.69) is 26.0 Å². The first-order chi connectivity index (χ1) is 30.5. The number of hydrogen-bond donors (Lipinski definition) is 4. The van der Waals surface area contributed by atoms with Gasteiger partial charge in [-0.25, -0.2) is 0 Å². The van der Waals surface area contributed by atoms with Gasteiger partial charge in [-0.3, -0.25) is 14.1 Å². The molecule has 13 heteroatoms. The first-order valence-electron chi connectivity index (χ1n) is 25.7. The van der Waals surface area contributed by atoms with Crippen molar-refractivity contribution in [2.24, 2.45) is 0 Å². The van der Waals surface area contributed by atoms with Gasteiger partial charge in [0.2, 0.25) is 0 Å². The number of rotatable bonds is 44. The number of esters is 2. The van der Waals surface area contributed by atoms with Gasteiger partial charge in [-0.15, -0.1) is 0 Å². The maximum absolute atomic E-state index is 12.8. The van der Waals surface area contributed by atoms with Crippen molar-refractivity contribution in [3.05, 3.63) is 12.2 Å². The summed E-state index contributed by atoms with van der Waals surface area (Å²) in [6.07, 6.45) is 35.4. The SMILES string of the molecule is CCCCCC/C=C/CCCCCCCCCC(=O)O[C@H](COC(=O)CCCCCCCCCCCCCCCCCCCCCC)CO[C@H]1O[C@H](CS(=O)(=O)O)[C@@H](O)C(O)C1O. The van der Waals surface area contributed by atoms with Crippen molar-refractivity contribution in [3.8, 4) is 0 Å². The zero-order chi connectivity index (χ0) is 46.2. The van der Waals surface area contributed by atoms with Crippen LogP contribution in [0.5, 0.6) is 0 Å². The third kappa shape index (κ3) is 35.3. The average molecular weight is 919 g/mol. The molecular formula is C50H94O12S. The van der Waals surface area contributed by atoms with Crippen molar-refractivity contribution >= 4 is 22.1 Å². The van der Waals surface area contributed by atoms with E-state index in [9.17, 15) is 37.9 Å². The second-order valence-corrected chi connectivity index (χ2v) is 19.7. The Bertz CT molecular complexity index is 1210. The van der Waals surface area contributed by atoms with Gasteiger partial charge in [0.05, 0.1) is 6.61 Å². The van der Waals surface area contributed by atoms with Crippen LogP contribution in [0.1, 0.15) is 239 Å². The highest BCUT2D eigenvalue weighted by Crippen LogP contribution is 2.24. The van der Waals surface area contributed by atoms with Crippen molar-refractivity contribution in [1.29, 1.82) is 0 Å². The topological polar surface area (TPSA) is 186 Å². The molecule has 1 rings (SSSR count). The molecule has 12 nitrogen and oxygen atoms in total. The highest BCUT2D eigenvalue weighted by atomic mass is 32.2. The van der Waals surface area contributed by atoms with Crippen molar-refractivity contribution < 1.29 is 56.8 Å². The van der Waals surface area contributed by atoms with Gasteiger partial charge in [-0.1, -0.05) is 199 Å². The van der Waals surface area contributed by atoms with Gasteiger partial charge in [-0.05, 0) is 38.5 Å². The lowest BCUT2D eigenvalue weighted by Crippen LogP contribution is -2.60. The van der Waals surface area contributed by atoms with E-state index in [1.165, 1.54) is 148 Å². The molecule has 372 valence electrons. The van der Waals surface area contributed by atoms with Gasteiger partial charge >= 0.3 is 11.9 Å². The average Bonchev–Trinajstić information content (AvgIpc) is 3.25. The number of ether oxygens (including phenoxy) is 4. The lowest BCUT2D eigenvalue weighted by molar-refractivity contribution is -0.297. The van der Waals surface area contributed by atoms with Crippen LogP contribution in [0.25, 0.3) is 0 Å². The van der Waals surface area contributed by atoms with E-state index in [4.69, 9.17) is 18.9 Å². The molecule has 0 bridgehead atoms. The van der Waals surface area contributed by atoms with Crippen molar-refractivity contribution in [1.82, 2.24) is 0 Å². The molecule has 1 aliphatic rings. The van der Waals surface area contributed by atoms with Crippen LogP contribution in [0.15, 0.2) is 12.2 Å². The highest BCUT2D eigenvalue weighted by Gasteiger charge is 2.46. The summed E-state index contributed by atoms with van der Waals surface area (Å²) in [7, 11) is -4.60. The number of carbonyl (C=O) groups excluding carboxylic acids is 2. The van der Waals surface area contributed by atoms with Crippen LogP contribution in [0.4, 0.5) is 0 Å². The fourth-order valence-electron chi connectivity index (χ4n) is 8.09. The van der Waals surface area contributed by atoms with Gasteiger partial charge in [-0.2, -0.15) is 8.42 Å². The zero-order valence-electron chi connectivity index (χ0n) is 40.0. The monoisotopic (exact) mass is 919 g/mol. The van der Waals surface area contributed by atoms with Crippen LogP contribution in [0.3, 0.4) is 0 Å². The van der Waals surface area contributed by atoms with Gasteiger partial charge in [0.1, 0.15) is 36.8 Å². The van der Waals surface area contributed by atoms with Crippen LogP contribution in [-0.2, 0) is 38.7 Å². The Morgan fingerprint density at radius 3 is 1.33 bits per heavy atom. The zero-order valence-corrected chi connectivity index (χ0v) is 40.8. The Balaban J connectivity index is 2.35. The summed E-state index contributed by atoms with van der Waals surface area (Å²) in [5, 5.41) is 31.0. The Labute approximate surface area is 384 Å². The summed E-state index contributed by atoms with van der Waals surface area (Å²) < 4.78 is 54.2. The van der Waals surface area contributed by atoms with Gasteiger partial charge in [0, 0.05) is 12.8 Å². The lowest BCUT2D eigenvalue weighted by atomic mass is 10.00. The highest BCUT2D eigenvalue weighted by molar-refractivity contribution is 7.85. The number of unbranched alkanes of at least 4 members (excludes halogenated alkanes) is 30. The standard InChI is InChI=1S/C50H94O12S/c1-3-5-7-9-11-13-15-17-19-20-21-22-23-25-26-28-30-32-34-36-38-45(51)59-40-43(41-60-50-49(55)48(54)47(53)44(62-50)42-63(56,57)58)61-46(52)39-37-35-33-31-29-27-24-18-16-14-12-10-8-6-4-2/h14,16,43-44,47-50,53-55H,3-13,15,17-42H2,1-2H3,(H,56,57,58)/b16-14+/t43-,44-,47-,48?,49?,50+/m1/s1. The molecule has 0 saturated carbocycles. The third-order valence-electron chi connectivity index (χ3n) is 12.1. The molecule has 0 aromatic rings. The second-order valence-electron chi connectivity index (χ2n) is 18.2. The number of carbonyl (C=O) groups is 2. The van der Waals surface area contributed by atoms with Crippen LogP contribution in [0.2, 0.25) is 0 Å². The van der Waals surface area contributed by atoms with Crippen molar-refractivity contribution in [2.45, 2.75) is 275 Å². The van der Waals surface area contributed by atoms with Crippen molar-refractivity contribution in [2.75, 3.05) is 19.0 Å². The first kappa shape index (κ1) is 59.4. The molecule has 0 spiro atoms. The molecule has 1 saturated heterocycles. The number of hydrogen-bond acceptors (Lipinski definition) is 11. The Hall–Kier alpha value is -1.61. The van der Waals surface area contributed by atoms with E-state index in [-0.39, 0.29) is 19.4 Å². The Kier molecular flexibility index (Phi) is 38.3. The largest absolute Gasteiger partial charge is 0.462 e. The summed E-state index contributed by atoms with van der Waals surface area (Å²) in [5.41, 5.74) is 0.